The third-order valence-electron chi connectivity index (χ3n) is 2.88. The molecule has 2 aromatic rings. The van der Waals surface area contributed by atoms with Crippen LogP contribution in [0.5, 0.6) is 5.75 Å². The Morgan fingerprint density at radius 1 is 1.22 bits per heavy atom. The average molecular weight is 266 g/mol. The first-order valence-electron chi connectivity index (χ1n) is 5.60. The van der Waals surface area contributed by atoms with Crippen LogP contribution in [0.15, 0.2) is 23.6 Å². The topological polar surface area (TPSA) is 29.5 Å². The summed E-state index contributed by atoms with van der Waals surface area (Å²) in [5.41, 5.74) is 1.80. The van der Waals surface area contributed by atoms with Gasteiger partial charge in [0.05, 0.1) is 7.11 Å². The van der Waals surface area contributed by atoms with Crippen LogP contribution in [-0.2, 0) is 0 Å². The fourth-order valence-corrected chi connectivity index (χ4v) is 2.75. The van der Waals surface area contributed by atoms with Gasteiger partial charge < -0.3 is 9.84 Å². The summed E-state index contributed by atoms with van der Waals surface area (Å²) in [6.45, 7) is 3.40. The molecule has 0 bridgehead atoms. The highest BCUT2D eigenvalue weighted by Crippen LogP contribution is 2.32. The molecule has 0 aliphatic heterocycles. The summed E-state index contributed by atoms with van der Waals surface area (Å²) in [5.74, 6) is 0.513. The SMILES string of the molecule is COc1csc(C(O)c2cc(C)c(F)c(C)c2)c1. The van der Waals surface area contributed by atoms with Gasteiger partial charge in [0.2, 0.25) is 0 Å². The van der Waals surface area contributed by atoms with E-state index in [-0.39, 0.29) is 5.82 Å². The van der Waals surface area contributed by atoms with Crippen molar-refractivity contribution in [3.8, 4) is 5.75 Å². The highest BCUT2D eigenvalue weighted by molar-refractivity contribution is 7.10. The number of halogens is 1. The van der Waals surface area contributed by atoms with E-state index in [4.69, 9.17) is 4.74 Å². The number of rotatable bonds is 3. The Labute approximate surface area is 110 Å². The number of thiophene rings is 1. The number of benzene rings is 1. The molecule has 1 atom stereocenters. The maximum absolute atomic E-state index is 13.5. The Morgan fingerprint density at radius 2 is 1.83 bits per heavy atom. The molecule has 4 heteroatoms. The van der Waals surface area contributed by atoms with E-state index >= 15 is 0 Å². The first-order chi connectivity index (χ1) is 8.52. The van der Waals surface area contributed by atoms with Crippen LogP contribution in [0.3, 0.4) is 0 Å². The van der Waals surface area contributed by atoms with Crippen LogP contribution in [0.2, 0.25) is 0 Å². The van der Waals surface area contributed by atoms with Crippen LogP contribution in [0.25, 0.3) is 0 Å². The van der Waals surface area contributed by atoms with E-state index in [2.05, 4.69) is 0 Å². The normalized spacial score (nSPS) is 12.5. The molecule has 0 saturated heterocycles. The molecule has 0 fully saturated rings. The summed E-state index contributed by atoms with van der Waals surface area (Å²) in [4.78, 5) is 0.789. The Hall–Kier alpha value is -1.39. The summed E-state index contributed by atoms with van der Waals surface area (Å²) in [6.07, 6.45) is -0.739. The van der Waals surface area contributed by atoms with Crippen molar-refractivity contribution in [2.45, 2.75) is 20.0 Å². The maximum Gasteiger partial charge on any atom is 0.129 e. The minimum Gasteiger partial charge on any atom is -0.496 e. The van der Waals surface area contributed by atoms with Crippen LogP contribution in [-0.4, -0.2) is 12.2 Å². The van der Waals surface area contributed by atoms with Crippen molar-refractivity contribution >= 4 is 11.3 Å². The van der Waals surface area contributed by atoms with Crippen molar-refractivity contribution in [3.05, 3.63) is 51.0 Å². The summed E-state index contributed by atoms with van der Waals surface area (Å²) >= 11 is 1.42. The third kappa shape index (κ3) is 2.40. The predicted molar refractivity (Wildman–Crippen MR) is 70.8 cm³/mol. The van der Waals surface area contributed by atoms with Crippen molar-refractivity contribution in [2.75, 3.05) is 7.11 Å². The Bertz CT molecular complexity index is 540. The lowest BCUT2D eigenvalue weighted by Gasteiger charge is -2.12. The van der Waals surface area contributed by atoms with Crippen LogP contribution in [0.1, 0.15) is 27.7 Å². The van der Waals surface area contributed by atoms with Gasteiger partial charge in [-0.05, 0) is 36.6 Å². The lowest BCUT2D eigenvalue weighted by molar-refractivity contribution is 0.223. The summed E-state index contributed by atoms with van der Waals surface area (Å²) in [6, 6.07) is 5.15. The van der Waals surface area contributed by atoms with E-state index < -0.39 is 6.10 Å². The van der Waals surface area contributed by atoms with Crippen molar-refractivity contribution < 1.29 is 14.2 Å². The molecule has 0 aliphatic rings. The fraction of sp³-hybridized carbons (Fsp3) is 0.286. The maximum atomic E-state index is 13.5. The van der Waals surface area contributed by atoms with Gasteiger partial charge in [0.15, 0.2) is 0 Å². The second-order valence-electron chi connectivity index (χ2n) is 4.26. The van der Waals surface area contributed by atoms with Gasteiger partial charge >= 0.3 is 0 Å². The highest BCUT2D eigenvalue weighted by atomic mass is 32.1. The molecule has 0 amide bonds. The molecule has 1 aromatic carbocycles. The zero-order valence-corrected chi connectivity index (χ0v) is 11.3. The van der Waals surface area contributed by atoms with Gasteiger partial charge in [-0.2, -0.15) is 0 Å². The molecule has 96 valence electrons. The molecule has 1 N–H and O–H groups in total. The molecule has 0 radical (unpaired) electrons. The Morgan fingerprint density at radius 3 is 2.33 bits per heavy atom. The van der Waals surface area contributed by atoms with Gasteiger partial charge in [-0.1, -0.05) is 12.1 Å². The molecule has 18 heavy (non-hydrogen) atoms. The number of aliphatic hydroxyl groups excluding tert-OH is 1. The summed E-state index contributed by atoms with van der Waals surface area (Å²) in [7, 11) is 1.59. The molecular formula is C14H15FO2S. The van der Waals surface area contributed by atoms with Crippen molar-refractivity contribution in [1.29, 1.82) is 0 Å². The van der Waals surface area contributed by atoms with E-state index in [9.17, 15) is 9.50 Å². The van der Waals surface area contributed by atoms with Gasteiger partial charge in [-0.15, -0.1) is 11.3 Å². The number of aryl methyl sites for hydroxylation is 2. The molecule has 1 unspecified atom stereocenters. The van der Waals surface area contributed by atoms with Gasteiger partial charge in [0, 0.05) is 10.3 Å². The Balaban J connectivity index is 2.36. The zero-order valence-electron chi connectivity index (χ0n) is 10.5. The summed E-state index contributed by atoms with van der Waals surface area (Å²) < 4.78 is 18.6. The molecule has 0 saturated carbocycles. The third-order valence-corrected chi connectivity index (χ3v) is 3.84. The first kappa shape index (κ1) is 13.1. The largest absolute Gasteiger partial charge is 0.496 e. The number of hydrogen-bond donors (Lipinski definition) is 1. The van der Waals surface area contributed by atoms with Crippen molar-refractivity contribution in [1.82, 2.24) is 0 Å². The quantitative estimate of drug-likeness (QED) is 0.920. The smallest absolute Gasteiger partial charge is 0.129 e. The Kier molecular flexibility index (Phi) is 3.68. The molecule has 2 rings (SSSR count). The molecule has 1 aromatic heterocycles. The van der Waals surface area contributed by atoms with E-state index in [1.54, 1.807) is 39.2 Å². The molecule has 2 nitrogen and oxygen atoms in total. The minimum absolute atomic E-state index is 0.213. The van der Waals surface area contributed by atoms with Crippen LogP contribution < -0.4 is 4.74 Å². The van der Waals surface area contributed by atoms with Gasteiger partial charge in [-0.3, -0.25) is 0 Å². The monoisotopic (exact) mass is 266 g/mol. The van der Waals surface area contributed by atoms with E-state index in [1.165, 1.54) is 11.3 Å². The first-order valence-corrected chi connectivity index (χ1v) is 6.48. The molecule has 1 heterocycles. The van der Waals surface area contributed by atoms with Crippen molar-refractivity contribution in [3.63, 3.8) is 0 Å². The molecule has 0 aliphatic carbocycles. The second-order valence-corrected chi connectivity index (χ2v) is 5.20. The van der Waals surface area contributed by atoms with E-state index in [0.717, 1.165) is 10.6 Å². The standard InChI is InChI=1S/C14H15FO2S/c1-8-4-10(5-9(2)13(8)15)14(16)12-6-11(17-3)7-18-12/h4-7,14,16H,1-3H3. The number of ether oxygens (including phenoxy) is 1. The van der Waals surface area contributed by atoms with Gasteiger partial charge in [0.1, 0.15) is 17.7 Å². The molecule has 0 spiro atoms. The van der Waals surface area contributed by atoms with E-state index in [0.29, 0.717) is 16.7 Å². The van der Waals surface area contributed by atoms with Crippen LogP contribution in [0.4, 0.5) is 4.39 Å². The van der Waals surface area contributed by atoms with Gasteiger partial charge in [0.25, 0.3) is 0 Å². The lowest BCUT2D eigenvalue weighted by Crippen LogP contribution is -2.00. The zero-order chi connectivity index (χ0) is 13.3. The predicted octanol–water partition coefficient (Wildman–Crippen LogP) is 3.59. The molecular weight excluding hydrogens is 251 g/mol. The number of aliphatic hydroxyl groups is 1. The van der Waals surface area contributed by atoms with E-state index in [1.807, 2.05) is 5.38 Å². The van der Waals surface area contributed by atoms with Crippen LogP contribution in [0, 0.1) is 19.7 Å². The highest BCUT2D eigenvalue weighted by Gasteiger charge is 2.15. The van der Waals surface area contributed by atoms with Gasteiger partial charge in [-0.25, -0.2) is 4.39 Å². The van der Waals surface area contributed by atoms with Crippen LogP contribution >= 0.6 is 11.3 Å². The summed E-state index contributed by atoms with van der Waals surface area (Å²) in [5, 5.41) is 12.1. The minimum atomic E-state index is -0.739. The lowest BCUT2D eigenvalue weighted by atomic mass is 10.0. The average Bonchev–Trinajstić information content (AvgIpc) is 2.83. The number of hydrogen-bond acceptors (Lipinski definition) is 3. The second kappa shape index (κ2) is 5.08. The van der Waals surface area contributed by atoms with Crippen molar-refractivity contribution in [2.24, 2.45) is 0 Å². The number of methoxy groups -OCH3 is 1. The fourth-order valence-electron chi connectivity index (χ4n) is 1.89.